The number of nitrogens with zero attached hydrogens (tertiary/aromatic N) is 5. The molecule has 4 heterocycles. The molecule has 6 rings (SSSR count). The number of ether oxygens (including phenoxy) is 3. The summed E-state index contributed by atoms with van der Waals surface area (Å²) < 4.78 is 17.4. The number of aromatic nitrogens is 2. The number of methoxy groups -OCH3 is 1. The minimum absolute atomic E-state index is 0.138. The van der Waals surface area contributed by atoms with Gasteiger partial charge < -0.3 is 35.1 Å². The largest absolute Gasteiger partial charge is 0.495 e. The molecule has 3 saturated heterocycles. The maximum atomic E-state index is 6.36. The summed E-state index contributed by atoms with van der Waals surface area (Å²) in [6.45, 7) is 8.21. The van der Waals surface area contributed by atoms with Gasteiger partial charge in [0.25, 0.3) is 0 Å². The Labute approximate surface area is 248 Å². The minimum Gasteiger partial charge on any atom is -0.495 e. The van der Waals surface area contributed by atoms with Crippen molar-refractivity contribution in [1.82, 2.24) is 19.8 Å². The fraction of sp³-hybridized carbons (Fsp3) is 0.500. The Morgan fingerprint density at radius 1 is 0.905 bits per heavy atom. The van der Waals surface area contributed by atoms with Crippen molar-refractivity contribution in [3.8, 4) is 22.8 Å². The van der Waals surface area contributed by atoms with Gasteiger partial charge in [0.2, 0.25) is 5.95 Å². The molecule has 0 bridgehead atoms. The second-order valence-corrected chi connectivity index (χ2v) is 11.5. The van der Waals surface area contributed by atoms with Crippen LogP contribution >= 0.6 is 0 Å². The molecule has 0 amide bonds. The van der Waals surface area contributed by atoms with E-state index in [0.29, 0.717) is 23.4 Å². The Hall–Kier alpha value is -3.60. The topological polar surface area (TPSA) is 101 Å². The molecule has 2 aromatic carbocycles. The van der Waals surface area contributed by atoms with Gasteiger partial charge in [-0.05, 0) is 56.3 Å². The van der Waals surface area contributed by atoms with Gasteiger partial charge in [0.1, 0.15) is 17.6 Å². The molecule has 3 aliphatic rings. The van der Waals surface area contributed by atoms with E-state index in [9.17, 15) is 0 Å². The second kappa shape index (κ2) is 13.1. The third-order valence-electron chi connectivity index (χ3n) is 8.72. The predicted octanol–water partition coefficient (Wildman–Crippen LogP) is 4.25. The molecule has 0 atom stereocenters. The standard InChI is InChI=1S/C32H43N7O3/c1-37-15-17-38(18-16-37)25-8-13-39(14-9-25)29-5-4-24(22-31(29)40-2)35-32-34-12-7-28(36-32)23-3-6-30(27(33)21-23)42-26-10-19-41-20-11-26/h3-7,12,21-22,25-26H,8-11,13-20,33H2,1-2H3,(H,34,35,36). The number of nitrogens with one attached hydrogen (secondary N) is 1. The van der Waals surface area contributed by atoms with E-state index >= 15 is 0 Å². The quantitative estimate of drug-likeness (QED) is 0.380. The van der Waals surface area contributed by atoms with Gasteiger partial charge in [-0.25, -0.2) is 9.97 Å². The number of piperidine rings is 1. The summed E-state index contributed by atoms with van der Waals surface area (Å²) in [5, 5.41) is 3.35. The maximum Gasteiger partial charge on any atom is 0.227 e. The first kappa shape index (κ1) is 28.5. The van der Waals surface area contributed by atoms with E-state index in [2.05, 4.69) is 44.2 Å². The van der Waals surface area contributed by atoms with Gasteiger partial charge in [0.15, 0.2) is 0 Å². The fourth-order valence-corrected chi connectivity index (χ4v) is 6.17. The van der Waals surface area contributed by atoms with Crippen molar-refractivity contribution in [1.29, 1.82) is 0 Å². The van der Waals surface area contributed by atoms with Crippen molar-refractivity contribution < 1.29 is 14.2 Å². The van der Waals surface area contributed by atoms with E-state index in [1.54, 1.807) is 13.3 Å². The summed E-state index contributed by atoms with van der Waals surface area (Å²) in [7, 11) is 3.95. The van der Waals surface area contributed by atoms with E-state index in [4.69, 9.17) is 24.9 Å². The van der Waals surface area contributed by atoms with Crippen LogP contribution in [0.1, 0.15) is 25.7 Å². The van der Waals surface area contributed by atoms with Crippen molar-refractivity contribution in [2.45, 2.75) is 37.8 Å². The lowest BCUT2D eigenvalue weighted by Crippen LogP contribution is -2.52. The fourth-order valence-electron chi connectivity index (χ4n) is 6.17. The number of benzene rings is 2. The Morgan fingerprint density at radius 3 is 2.43 bits per heavy atom. The van der Waals surface area contributed by atoms with Crippen LogP contribution in [0.25, 0.3) is 11.3 Å². The minimum atomic E-state index is 0.138. The lowest BCUT2D eigenvalue weighted by molar-refractivity contribution is 0.0259. The molecule has 0 radical (unpaired) electrons. The van der Waals surface area contributed by atoms with Crippen LogP contribution in [0.4, 0.5) is 23.0 Å². The van der Waals surface area contributed by atoms with Crippen LogP contribution in [-0.2, 0) is 4.74 Å². The molecule has 10 nitrogen and oxygen atoms in total. The van der Waals surface area contributed by atoms with Crippen LogP contribution in [0.15, 0.2) is 48.7 Å². The van der Waals surface area contributed by atoms with Crippen molar-refractivity contribution in [3.63, 3.8) is 0 Å². The summed E-state index contributed by atoms with van der Waals surface area (Å²) >= 11 is 0. The zero-order valence-corrected chi connectivity index (χ0v) is 24.8. The Balaban J connectivity index is 1.09. The molecule has 3 aromatic rings. The van der Waals surface area contributed by atoms with E-state index in [0.717, 1.165) is 67.5 Å². The summed E-state index contributed by atoms with van der Waals surface area (Å²) in [5.74, 6) is 2.06. The van der Waals surface area contributed by atoms with Gasteiger partial charge in [-0.15, -0.1) is 0 Å². The average Bonchev–Trinajstić information content (AvgIpc) is 3.03. The zero-order valence-electron chi connectivity index (χ0n) is 24.8. The van der Waals surface area contributed by atoms with Crippen molar-refractivity contribution >= 4 is 23.0 Å². The van der Waals surface area contributed by atoms with Crippen LogP contribution in [0, 0.1) is 0 Å². The Kier molecular flexibility index (Phi) is 8.92. The molecule has 3 N–H and O–H groups in total. The van der Waals surface area contributed by atoms with Gasteiger partial charge >= 0.3 is 0 Å². The molecule has 1 aromatic heterocycles. The van der Waals surface area contributed by atoms with Gasteiger partial charge in [-0.1, -0.05) is 0 Å². The van der Waals surface area contributed by atoms with Crippen LogP contribution < -0.4 is 25.4 Å². The number of anilines is 4. The average molecular weight is 574 g/mol. The molecular weight excluding hydrogens is 530 g/mol. The van der Waals surface area contributed by atoms with Gasteiger partial charge in [-0.3, -0.25) is 4.90 Å². The summed E-state index contributed by atoms with van der Waals surface area (Å²) in [5.41, 5.74) is 10.7. The number of rotatable bonds is 8. The Morgan fingerprint density at radius 2 is 1.69 bits per heavy atom. The van der Waals surface area contributed by atoms with Gasteiger partial charge in [0.05, 0.1) is 37.4 Å². The van der Waals surface area contributed by atoms with Crippen molar-refractivity contribution in [2.75, 3.05) is 82.6 Å². The van der Waals surface area contributed by atoms with E-state index < -0.39 is 0 Å². The maximum absolute atomic E-state index is 6.36. The molecule has 224 valence electrons. The summed E-state index contributed by atoms with van der Waals surface area (Å²) in [6.07, 6.45) is 6.01. The molecule has 42 heavy (non-hydrogen) atoms. The molecule has 0 spiro atoms. The normalized spacial score (nSPS) is 19.5. The first-order valence-electron chi connectivity index (χ1n) is 15.2. The number of likely N-dealkylation sites (N-methyl/N-ethyl adjacent to an activating group) is 1. The third-order valence-corrected chi connectivity index (χ3v) is 8.72. The number of nitrogens with two attached hydrogens (primary N) is 1. The molecule has 3 aliphatic heterocycles. The molecule has 0 saturated carbocycles. The molecule has 0 aliphatic carbocycles. The van der Waals surface area contributed by atoms with Crippen LogP contribution in [0.5, 0.6) is 11.5 Å². The Bertz CT molecular complexity index is 1330. The lowest BCUT2D eigenvalue weighted by atomic mass is 10.0. The number of hydrogen-bond acceptors (Lipinski definition) is 10. The lowest BCUT2D eigenvalue weighted by Gasteiger charge is -2.42. The highest BCUT2D eigenvalue weighted by molar-refractivity contribution is 5.70. The smallest absolute Gasteiger partial charge is 0.227 e. The first-order chi connectivity index (χ1) is 20.6. The monoisotopic (exact) mass is 573 g/mol. The summed E-state index contributed by atoms with van der Waals surface area (Å²) in [4.78, 5) is 16.8. The van der Waals surface area contributed by atoms with E-state index in [-0.39, 0.29) is 6.10 Å². The highest BCUT2D eigenvalue weighted by Gasteiger charge is 2.28. The van der Waals surface area contributed by atoms with Crippen LogP contribution in [0.3, 0.4) is 0 Å². The third kappa shape index (κ3) is 6.72. The predicted molar refractivity (Wildman–Crippen MR) is 167 cm³/mol. The van der Waals surface area contributed by atoms with Crippen LogP contribution in [0.2, 0.25) is 0 Å². The molecule has 3 fully saturated rings. The van der Waals surface area contributed by atoms with E-state index in [1.807, 2.05) is 30.3 Å². The molecular formula is C32H43N7O3. The van der Waals surface area contributed by atoms with Gasteiger partial charge in [-0.2, -0.15) is 0 Å². The number of nitrogen functional groups attached to an aromatic ring is 1. The SMILES string of the molecule is COc1cc(Nc2nccc(-c3ccc(OC4CCOCC4)c(N)c3)n2)ccc1N1CCC(N2CCN(C)CC2)CC1. The second-order valence-electron chi connectivity index (χ2n) is 11.5. The highest BCUT2D eigenvalue weighted by Crippen LogP contribution is 2.35. The first-order valence-corrected chi connectivity index (χ1v) is 15.2. The van der Waals surface area contributed by atoms with Crippen molar-refractivity contribution in [3.05, 3.63) is 48.7 Å². The van der Waals surface area contributed by atoms with E-state index in [1.165, 1.54) is 39.0 Å². The highest BCUT2D eigenvalue weighted by atomic mass is 16.5. The van der Waals surface area contributed by atoms with Gasteiger partial charge in [0, 0.05) is 81.7 Å². The van der Waals surface area contributed by atoms with Crippen molar-refractivity contribution in [2.24, 2.45) is 0 Å². The van der Waals surface area contributed by atoms with Crippen LogP contribution in [-0.4, -0.2) is 98.6 Å². The summed E-state index contributed by atoms with van der Waals surface area (Å²) in [6, 6.07) is 14.6. The number of piperazine rings is 1. The number of hydrogen-bond donors (Lipinski definition) is 2. The molecule has 0 unspecified atom stereocenters. The zero-order chi connectivity index (χ0) is 28.9. The molecule has 10 heteroatoms.